The zero-order valence-corrected chi connectivity index (χ0v) is 13.0. The van der Waals surface area contributed by atoms with Crippen LogP contribution in [-0.2, 0) is 0 Å². The van der Waals surface area contributed by atoms with E-state index in [2.05, 4.69) is 25.7 Å². The van der Waals surface area contributed by atoms with Crippen molar-refractivity contribution >= 4 is 0 Å². The van der Waals surface area contributed by atoms with Crippen LogP contribution in [0.15, 0.2) is 24.3 Å². The average Bonchev–Trinajstić information content (AvgIpc) is 2.47. The first-order chi connectivity index (χ1) is 9.58. The predicted octanol–water partition coefficient (Wildman–Crippen LogP) is 4.15. The normalized spacial score (nSPS) is 14.5. The molecule has 0 aliphatic rings. The molecule has 1 aromatic carbocycles. The Labute approximate surface area is 122 Å². The van der Waals surface area contributed by atoms with Crippen LogP contribution in [0.3, 0.4) is 0 Å². The van der Waals surface area contributed by atoms with Crippen LogP contribution in [0, 0.1) is 5.82 Å². The van der Waals surface area contributed by atoms with Gasteiger partial charge >= 0.3 is 0 Å². The Kier molecular flexibility index (Phi) is 7.78. The highest BCUT2D eigenvalue weighted by atomic mass is 19.1. The highest BCUT2D eigenvalue weighted by molar-refractivity contribution is 5.18. The monoisotopic (exact) mass is 281 g/mol. The van der Waals surface area contributed by atoms with Gasteiger partial charge in [-0.3, -0.25) is 0 Å². The van der Waals surface area contributed by atoms with Crippen molar-refractivity contribution in [1.29, 1.82) is 0 Å². The number of hydrogen-bond acceptors (Lipinski definition) is 2. The molecule has 0 bridgehead atoms. The van der Waals surface area contributed by atoms with E-state index >= 15 is 0 Å². The molecule has 20 heavy (non-hydrogen) atoms. The van der Waals surface area contributed by atoms with Crippen molar-refractivity contribution in [3.05, 3.63) is 35.6 Å². The summed E-state index contributed by atoms with van der Waals surface area (Å²) in [4.78, 5) is 2.44. The minimum Gasteiger partial charge on any atom is -0.388 e. The van der Waals surface area contributed by atoms with Gasteiger partial charge in [0.2, 0.25) is 0 Å². The van der Waals surface area contributed by atoms with E-state index in [1.165, 1.54) is 25.0 Å². The lowest BCUT2D eigenvalue weighted by molar-refractivity contribution is 0.124. The summed E-state index contributed by atoms with van der Waals surface area (Å²) in [6.45, 7) is 8.59. The molecule has 0 heterocycles. The maximum atomic E-state index is 12.9. The third-order valence-electron chi connectivity index (χ3n) is 3.96. The number of nitrogens with zero attached hydrogens (tertiary/aromatic N) is 1. The second-order valence-corrected chi connectivity index (χ2v) is 5.50. The lowest BCUT2D eigenvalue weighted by Crippen LogP contribution is -2.35. The van der Waals surface area contributed by atoms with Crippen LogP contribution in [0.4, 0.5) is 4.39 Å². The molecule has 3 heteroatoms. The van der Waals surface area contributed by atoms with Crippen LogP contribution in [0.2, 0.25) is 0 Å². The Morgan fingerprint density at radius 1 is 1.15 bits per heavy atom. The first-order valence-corrected chi connectivity index (χ1v) is 7.76. The fraction of sp³-hybridized carbons (Fsp3) is 0.647. The Balaban J connectivity index is 2.50. The number of hydrogen-bond donors (Lipinski definition) is 1. The minimum atomic E-state index is -0.510. The summed E-state index contributed by atoms with van der Waals surface area (Å²) in [5.74, 6) is -0.259. The molecule has 2 unspecified atom stereocenters. The van der Waals surface area contributed by atoms with E-state index in [1.807, 2.05) is 0 Å². The molecule has 0 radical (unpaired) electrons. The number of unbranched alkanes of at least 4 members (excludes halogenated alkanes) is 1. The molecule has 0 saturated heterocycles. The number of aliphatic hydroxyl groups excluding tert-OH is 1. The number of rotatable bonds is 9. The fourth-order valence-electron chi connectivity index (χ4n) is 2.31. The van der Waals surface area contributed by atoms with Crippen molar-refractivity contribution in [2.75, 3.05) is 13.1 Å². The third kappa shape index (κ3) is 5.59. The lowest BCUT2D eigenvalue weighted by Gasteiger charge is -2.29. The molecule has 0 aliphatic carbocycles. The quantitative estimate of drug-likeness (QED) is 0.735. The van der Waals surface area contributed by atoms with Crippen molar-refractivity contribution < 1.29 is 9.50 Å². The van der Waals surface area contributed by atoms with E-state index in [0.29, 0.717) is 12.5 Å². The van der Waals surface area contributed by atoms with Crippen LogP contribution in [0.5, 0.6) is 0 Å². The van der Waals surface area contributed by atoms with E-state index in [9.17, 15) is 9.50 Å². The van der Waals surface area contributed by atoms with Crippen molar-refractivity contribution in [1.82, 2.24) is 4.90 Å². The molecule has 1 aromatic rings. The van der Waals surface area contributed by atoms with Crippen molar-refractivity contribution in [2.24, 2.45) is 0 Å². The molecule has 0 amide bonds. The Morgan fingerprint density at radius 3 is 2.35 bits per heavy atom. The van der Waals surface area contributed by atoms with E-state index < -0.39 is 6.10 Å². The zero-order chi connectivity index (χ0) is 15.0. The van der Waals surface area contributed by atoms with Crippen molar-refractivity contribution in [3.63, 3.8) is 0 Å². The summed E-state index contributed by atoms with van der Waals surface area (Å²) in [5.41, 5.74) is 0.797. The Hall–Kier alpha value is -0.930. The number of aliphatic hydroxyl groups is 1. The molecule has 2 nitrogen and oxygen atoms in total. The van der Waals surface area contributed by atoms with Gasteiger partial charge in [0.1, 0.15) is 5.82 Å². The first-order valence-electron chi connectivity index (χ1n) is 7.76. The molecular formula is C17H28FNO. The maximum absolute atomic E-state index is 12.9. The fourth-order valence-corrected chi connectivity index (χ4v) is 2.31. The van der Waals surface area contributed by atoms with Gasteiger partial charge in [-0.1, -0.05) is 32.4 Å². The van der Waals surface area contributed by atoms with Crippen LogP contribution < -0.4 is 0 Å². The second-order valence-electron chi connectivity index (χ2n) is 5.50. The van der Waals surface area contributed by atoms with Gasteiger partial charge in [-0.05, 0) is 50.4 Å². The topological polar surface area (TPSA) is 23.5 Å². The first kappa shape index (κ1) is 17.1. The van der Waals surface area contributed by atoms with E-state index in [4.69, 9.17) is 0 Å². The second kappa shape index (κ2) is 9.09. The average molecular weight is 281 g/mol. The zero-order valence-electron chi connectivity index (χ0n) is 13.0. The van der Waals surface area contributed by atoms with Crippen LogP contribution in [-0.4, -0.2) is 29.1 Å². The SMILES string of the molecule is CCCCN(CCC(O)c1ccc(F)cc1)C(C)CC. The number of halogens is 1. The van der Waals surface area contributed by atoms with Gasteiger partial charge in [0.25, 0.3) is 0 Å². The third-order valence-corrected chi connectivity index (χ3v) is 3.96. The Bertz CT molecular complexity index is 366. The molecule has 0 saturated carbocycles. The summed E-state index contributed by atoms with van der Waals surface area (Å²) < 4.78 is 12.9. The van der Waals surface area contributed by atoms with Gasteiger partial charge in [0.15, 0.2) is 0 Å². The number of benzene rings is 1. The highest BCUT2D eigenvalue weighted by Gasteiger charge is 2.14. The highest BCUT2D eigenvalue weighted by Crippen LogP contribution is 2.18. The van der Waals surface area contributed by atoms with Gasteiger partial charge in [0, 0.05) is 12.6 Å². The van der Waals surface area contributed by atoms with Crippen molar-refractivity contribution in [3.8, 4) is 0 Å². The van der Waals surface area contributed by atoms with E-state index in [-0.39, 0.29) is 5.82 Å². The molecule has 1 rings (SSSR count). The largest absolute Gasteiger partial charge is 0.388 e. The molecule has 0 aromatic heterocycles. The van der Waals surface area contributed by atoms with Crippen LogP contribution in [0.1, 0.15) is 58.1 Å². The van der Waals surface area contributed by atoms with Crippen LogP contribution in [0.25, 0.3) is 0 Å². The summed E-state index contributed by atoms with van der Waals surface area (Å²) in [6, 6.07) is 6.69. The molecule has 0 fully saturated rings. The minimum absolute atomic E-state index is 0.259. The molecule has 1 N–H and O–H groups in total. The van der Waals surface area contributed by atoms with Gasteiger partial charge in [-0.15, -0.1) is 0 Å². The van der Waals surface area contributed by atoms with E-state index in [0.717, 1.165) is 25.1 Å². The standard InChI is InChI=1S/C17H28FNO/c1-4-6-12-19(14(3)5-2)13-11-17(20)15-7-9-16(18)10-8-15/h7-10,14,17,20H,4-6,11-13H2,1-3H3. The summed E-state index contributed by atoms with van der Waals surface area (Å²) in [5, 5.41) is 10.2. The van der Waals surface area contributed by atoms with Gasteiger partial charge in [0.05, 0.1) is 6.10 Å². The summed E-state index contributed by atoms with van der Waals surface area (Å²) in [6.07, 6.45) is 3.68. The maximum Gasteiger partial charge on any atom is 0.123 e. The predicted molar refractivity (Wildman–Crippen MR) is 82.2 cm³/mol. The molecule has 114 valence electrons. The van der Waals surface area contributed by atoms with Crippen LogP contribution >= 0.6 is 0 Å². The smallest absolute Gasteiger partial charge is 0.123 e. The van der Waals surface area contributed by atoms with Crippen molar-refractivity contribution in [2.45, 2.75) is 58.6 Å². The molecule has 0 aliphatic heterocycles. The van der Waals surface area contributed by atoms with Gasteiger partial charge in [-0.2, -0.15) is 0 Å². The molecule has 2 atom stereocenters. The van der Waals surface area contributed by atoms with Gasteiger partial charge < -0.3 is 10.0 Å². The summed E-state index contributed by atoms with van der Waals surface area (Å²) in [7, 11) is 0. The Morgan fingerprint density at radius 2 is 1.80 bits per heavy atom. The van der Waals surface area contributed by atoms with E-state index in [1.54, 1.807) is 12.1 Å². The van der Waals surface area contributed by atoms with Gasteiger partial charge in [-0.25, -0.2) is 4.39 Å². The molecular weight excluding hydrogens is 253 g/mol. The summed E-state index contributed by atoms with van der Waals surface area (Å²) >= 11 is 0. The molecule has 0 spiro atoms. The lowest BCUT2D eigenvalue weighted by atomic mass is 10.1.